The van der Waals surface area contributed by atoms with Crippen LogP contribution in [0.1, 0.15) is 18.9 Å². The molecule has 7 nitrogen and oxygen atoms in total. The fourth-order valence-corrected chi connectivity index (χ4v) is 5.03. The summed E-state index contributed by atoms with van der Waals surface area (Å²) in [4.78, 5) is 27.3. The van der Waals surface area contributed by atoms with Gasteiger partial charge in [0, 0.05) is 33.7 Å². The molecule has 2 rings (SSSR count). The maximum absolute atomic E-state index is 13.5. The second-order valence-electron chi connectivity index (χ2n) is 7.19. The van der Waals surface area contributed by atoms with E-state index in [0.717, 1.165) is 10.6 Å². The van der Waals surface area contributed by atoms with Gasteiger partial charge in [-0.1, -0.05) is 59.4 Å². The summed E-state index contributed by atoms with van der Waals surface area (Å²) in [5.41, 5.74) is 0.675. The Morgan fingerprint density at radius 1 is 1.00 bits per heavy atom. The lowest BCUT2D eigenvalue weighted by Crippen LogP contribution is -2.51. The molecule has 0 saturated heterocycles. The van der Waals surface area contributed by atoms with Crippen molar-refractivity contribution in [3.05, 3.63) is 62.1 Å². The summed E-state index contributed by atoms with van der Waals surface area (Å²) >= 11 is 24.3. The summed E-state index contributed by atoms with van der Waals surface area (Å²) in [6.45, 7) is 1.14. The molecule has 2 aromatic carbocycles. The molecule has 0 bridgehead atoms. The number of carbonyl (C=O) groups is 2. The largest absolute Gasteiger partial charge is 0.357 e. The van der Waals surface area contributed by atoms with Crippen molar-refractivity contribution in [3.8, 4) is 0 Å². The van der Waals surface area contributed by atoms with Crippen molar-refractivity contribution in [2.45, 2.75) is 25.9 Å². The van der Waals surface area contributed by atoms with Gasteiger partial charge < -0.3 is 10.2 Å². The van der Waals surface area contributed by atoms with Crippen LogP contribution in [0.5, 0.6) is 0 Å². The van der Waals surface area contributed by atoms with Crippen LogP contribution in [-0.2, 0) is 26.2 Å². The quantitative estimate of drug-likeness (QED) is 0.490. The molecule has 2 aromatic rings. The number of hydrogen-bond donors (Lipinski definition) is 1. The van der Waals surface area contributed by atoms with Crippen LogP contribution in [0.15, 0.2) is 36.4 Å². The van der Waals surface area contributed by atoms with Gasteiger partial charge >= 0.3 is 0 Å². The highest BCUT2D eigenvalue weighted by Gasteiger charge is 2.31. The van der Waals surface area contributed by atoms with Gasteiger partial charge in [-0.2, -0.15) is 0 Å². The Hall–Kier alpha value is -1.71. The van der Waals surface area contributed by atoms with Crippen molar-refractivity contribution in [1.29, 1.82) is 0 Å². The van der Waals surface area contributed by atoms with Crippen LogP contribution in [0.3, 0.4) is 0 Å². The van der Waals surface area contributed by atoms with E-state index >= 15 is 0 Å². The molecule has 1 N–H and O–H groups in total. The molecule has 0 aliphatic heterocycles. The Morgan fingerprint density at radius 3 is 2.09 bits per heavy atom. The lowest BCUT2D eigenvalue weighted by Gasteiger charge is -2.32. The molecule has 0 spiro atoms. The number of carbonyl (C=O) groups excluding carboxylic acids is 2. The third kappa shape index (κ3) is 7.39. The van der Waals surface area contributed by atoms with E-state index < -0.39 is 34.4 Å². The monoisotopic (exact) mass is 553 g/mol. The molecule has 12 heteroatoms. The summed E-state index contributed by atoms with van der Waals surface area (Å²) in [6.07, 6.45) is 1.25. The molecule has 0 saturated carbocycles. The van der Waals surface area contributed by atoms with E-state index in [1.54, 1.807) is 19.1 Å². The molecule has 0 radical (unpaired) electrons. The molecule has 0 aliphatic carbocycles. The van der Waals surface area contributed by atoms with E-state index in [4.69, 9.17) is 46.4 Å². The molecule has 1 unspecified atom stereocenters. The number of likely N-dealkylation sites (N-methyl/N-ethyl adjacent to an activating group) is 1. The Bertz CT molecular complexity index is 1120. The molecule has 180 valence electrons. The number of benzene rings is 2. The zero-order valence-electron chi connectivity index (χ0n) is 18.1. The Kier molecular flexibility index (Phi) is 9.70. The maximum atomic E-state index is 13.5. The molecule has 0 heterocycles. The van der Waals surface area contributed by atoms with Crippen LogP contribution in [-0.4, -0.2) is 51.0 Å². The Labute approximate surface area is 213 Å². The smallest absolute Gasteiger partial charge is 0.244 e. The number of anilines is 1. The van der Waals surface area contributed by atoms with E-state index in [9.17, 15) is 18.0 Å². The van der Waals surface area contributed by atoms with Gasteiger partial charge in [-0.3, -0.25) is 13.9 Å². The zero-order chi connectivity index (χ0) is 24.9. The van der Waals surface area contributed by atoms with E-state index in [1.807, 2.05) is 0 Å². The number of halogens is 4. The summed E-state index contributed by atoms with van der Waals surface area (Å²) in [7, 11) is -2.44. The Balaban J connectivity index is 2.49. The second kappa shape index (κ2) is 11.6. The van der Waals surface area contributed by atoms with Crippen molar-refractivity contribution >= 4 is 73.9 Å². The molecule has 1 atom stereocenters. The average molecular weight is 555 g/mol. The molecule has 0 aliphatic rings. The second-order valence-corrected chi connectivity index (χ2v) is 10.8. The fourth-order valence-electron chi connectivity index (χ4n) is 3.22. The first-order chi connectivity index (χ1) is 15.4. The van der Waals surface area contributed by atoms with Crippen molar-refractivity contribution in [2.75, 3.05) is 24.2 Å². The van der Waals surface area contributed by atoms with E-state index in [-0.39, 0.29) is 22.3 Å². The normalized spacial score (nSPS) is 12.2. The van der Waals surface area contributed by atoms with Crippen LogP contribution in [0.4, 0.5) is 5.69 Å². The van der Waals surface area contributed by atoms with Crippen LogP contribution >= 0.6 is 46.4 Å². The summed E-state index contributed by atoms with van der Waals surface area (Å²) in [5, 5.41) is 3.69. The van der Waals surface area contributed by atoms with Gasteiger partial charge in [-0.15, -0.1) is 0 Å². The minimum Gasteiger partial charge on any atom is -0.357 e. The predicted octanol–water partition coefficient (Wildman–Crippen LogP) is 4.62. The van der Waals surface area contributed by atoms with Crippen molar-refractivity contribution in [1.82, 2.24) is 10.2 Å². The third-order valence-electron chi connectivity index (χ3n) is 4.80. The lowest BCUT2D eigenvalue weighted by atomic mass is 10.1. The highest BCUT2D eigenvalue weighted by molar-refractivity contribution is 7.92. The molecule has 0 fully saturated rings. The van der Waals surface area contributed by atoms with Gasteiger partial charge in [0.25, 0.3) is 0 Å². The van der Waals surface area contributed by atoms with E-state index in [0.29, 0.717) is 22.0 Å². The number of hydrogen-bond acceptors (Lipinski definition) is 4. The predicted molar refractivity (Wildman–Crippen MR) is 134 cm³/mol. The maximum Gasteiger partial charge on any atom is 0.244 e. The number of rotatable bonds is 9. The number of nitrogens with one attached hydrogen (secondary N) is 1. The van der Waals surface area contributed by atoms with Gasteiger partial charge in [0.2, 0.25) is 21.8 Å². The summed E-state index contributed by atoms with van der Waals surface area (Å²) < 4.78 is 26.0. The molecule has 0 aromatic heterocycles. The van der Waals surface area contributed by atoms with Crippen LogP contribution in [0, 0.1) is 0 Å². The van der Waals surface area contributed by atoms with Crippen molar-refractivity contribution in [3.63, 3.8) is 0 Å². The number of nitrogens with zero attached hydrogens (tertiary/aromatic N) is 2. The third-order valence-corrected chi connectivity index (χ3v) is 6.97. The Morgan fingerprint density at radius 2 is 1.61 bits per heavy atom. The SMILES string of the molecule is CCC(C(=O)NC)N(Cc1ccc(Cl)cc1Cl)C(=O)CN(c1cc(Cl)cc(Cl)c1)S(C)(=O)=O. The highest BCUT2D eigenvalue weighted by Crippen LogP contribution is 2.28. The fraction of sp³-hybridized carbons (Fsp3) is 0.333. The van der Waals surface area contributed by atoms with Gasteiger partial charge in [-0.05, 0) is 42.3 Å². The van der Waals surface area contributed by atoms with Crippen LogP contribution < -0.4 is 9.62 Å². The molecule has 2 amide bonds. The molecular weight excluding hydrogens is 532 g/mol. The van der Waals surface area contributed by atoms with Gasteiger partial charge in [0.1, 0.15) is 12.6 Å². The highest BCUT2D eigenvalue weighted by atomic mass is 35.5. The summed E-state index contributed by atoms with van der Waals surface area (Å²) in [5.74, 6) is -1.01. The van der Waals surface area contributed by atoms with E-state index in [2.05, 4.69) is 5.32 Å². The van der Waals surface area contributed by atoms with Crippen molar-refractivity contribution < 1.29 is 18.0 Å². The average Bonchev–Trinajstić information content (AvgIpc) is 2.71. The van der Waals surface area contributed by atoms with Gasteiger partial charge in [0.15, 0.2) is 0 Å². The molecule has 33 heavy (non-hydrogen) atoms. The number of amides is 2. The van der Waals surface area contributed by atoms with E-state index in [1.165, 1.54) is 36.2 Å². The van der Waals surface area contributed by atoms with Crippen LogP contribution in [0.25, 0.3) is 0 Å². The standard InChI is InChI=1S/C21H23Cl4N3O4S/c1-4-19(21(30)26-2)27(11-13-5-6-14(22)10-18(13)25)20(29)12-28(33(3,31)32)17-8-15(23)7-16(24)9-17/h5-10,19H,4,11-12H2,1-3H3,(H,26,30). The van der Waals surface area contributed by atoms with Gasteiger partial charge in [-0.25, -0.2) is 8.42 Å². The van der Waals surface area contributed by atoms with Gasteiger partial charge in [0.05, 0.1) is 11.9 Å². The minimum atomic E-state index is -3.90. The first-order valence-corrected chi connectivity index (χ1v) is 13.1. The summed E-state index contributed by atoms with van der Waals surface area (Å²) in [6, 6.07) is 8.14. The number of sulfonamides is 1. The first kappa shape index (κ1) is 27.5. The molecular formula is C21H23Cl4N3O4S. The zero-order valence-corrected chi connectivity index (χ0v) is 22.0. The van der Waals surface area contributed by atoms with Crippen molar-refractivity contribution in [2.24, 2.45) is 0 Å². The van der Waals surface area contributed by atoms with Crippen LogP contribution in [0.2, 0.25) is 20.1 Å². The lowest BCUT2D eigenvalue weighted by molar-refractivity contribution is -0.140. The topological polar surface area (TPSA) is 86.8 Å². The first-order valence-electron chi connectivity index (χ1n) is 9.76. The minimum absolute atomic E-state index is 0.0331.